The molecule has 0 aliphatic rings. The van der Waals surface area contributed by atoms with E-state index in [4.69, 9.17) is 20.8 Å². The van der Waals surface area contributed by atoms with Crippen LogP contribution in [0.4, 0.5) is 4.39 Å². The maximum absolute atomic E-state index is 13.7. The number of nitrogens with zero attached hydrogens (tertiary/aromatic N) is 1. The molecule has 0 fully saturated rings. The molecule has 0 radical (unpaired) electrons. The molecule has 3 aromatic rings. The average Bonchev–Trinajstić information content (AvgIpc) is 2.89. The highest BCUT2D eigenvalue weighted by atomic mass is 35.5. The summed E-state index contributed by atoms with van der Waals surface area (Å²) >= 11 is 6.33. The van der Waals surface area contributed by atoms with Gasteiger partial charge >= 0.3 is 0 Å². The van der Waals surface area contributed by atoms with E-state index in [-0.39, 0.29) is 5.75 Å². The fourth-order valence-corrected chi connectivity index (χ4v) is 2.42. The Morgan fingerprint density at radius 3 is 2.81 bits per heavy atom. The fourth-order valence-electron chi connectivity index (χ4n) is 2.16. The molecule has 0 aliphatic heterocycles. The minimum absolute atomic E-state index is 0.199. The fraction of sp³-hybridized carbons (Fsp3) is 0.188. The molecule has 2 aromatic carbocycles. The van der Waals surface area contributed by atoms with Crippen molar-refractivity contribution in [2.24, 2.45) is 0 Å². The number of halogens is 2. The molecule has 0 spiro atoms. The molecule has 3 nitrogen and oxygen atoms in total. The first-order chi connectivity index (χ1) is 10.2. The Hall–Kier alpha value is -2.07. The maximum Gasteiger partial charge on any atom is 0.197 e. The number of aromatic nitrogens is 1. The second-order valence-corrected chi connectivity index (χ2v) is 5.17. The lowest BCUT2D eigenvalue weighted by molar-refractivity contribution is 0.386. The predicted octanol–water partition coefficient (Wildman–Crippen LogP) is 4.50. The molecule has 1 unspecified atom stereocenters. The SMILES string of the molecule is COc1ccc(C(Cl)Cc2nc3ccccc3o2)cc1F. The van der Waals surface area contributed by atoms with Crippen LogP contribution in [0.15, 0.2) is 46.9 Å². The van der Waals surface area contributed by atoms with Crippen molar-refractivity contribution in [3.8, 4) is 5.75 Å². The van der Waals surface area contributed by atoms with Gasteiger partial charge in [0.1, 0.15) is 5.52 Å². The van der Waals surface area contributed by atoms with Crippen molar-refractivity contribution < 1.29 is 13.5 Å². The van der Waals surface area contributed by atoms with Crippen LogP contribution in [-0.4, -0.2) is 12.1 Å². The van der Waals surface area contributed by atoms with Gasteiger partial charge in [-0.15, -0.1) is 11.6 Å². The second-order valence-electron chi connectivity index (χ2n) is 4.64. The smallest absolute Gasteiger partial charge is 0.197 e. The van der Waals surface area contributed by atoms with Crippen LogP contribution in [0.1, 0.15) is 16.8 Å². The van der Waals surface area contributed by atoms with Gasteiger partial charge in [-0.05, 0) is 29.8 Å². The van der Waals surface area contributed by atoms with E-state index in [0.29, 0.717) is 17.9 Å². The van der Waals surface area contributed by atoms with Crippen molar-refractivity contribution in [2.75, 3.05) is 7.11 Å². The summed E-state index contributed by atoms with van der Waals surface area (Å²) < 4.78 is 24.2. The van der Waals surface area contributed by atoms with Crippen LogP contribution in [-0.2, 0) is 6.42 Å². The van der Waals surface area contributed by atoms with Crippen LogP contribution in [0.25, 0.3) is 11.1 Å². The first kappa shape index (κ1) is 13.9. The third kappa shape index (κ3) is 2.85. The molecule has 0 amide bonds. The number of rotatable bonds is 4. The zero-order valence-electron chi connectivity index (χ0n) is 11.3. The Bertz CT molecular complexity index is 739. The molecule has 5 heteroatoms. The number of hydrogen-bond donors (Lipinski definition) is 0. The molecular formula is C16H13ClFNO2. The van der Waals surface area contributed by atoms with E-state index >= 15 is 0 Å². The van der Waals surface area contributed by atoms with Gasteiger partial charge in [0.15, 0.2) is 23.0 Å². The Kier molecular flexibility index (Phi) is 3.80. The van der Waals surface area contributed by atoms with Gasteiger partial charge < -0.3 is 9.15 Å². The summed E-state index contributed by atoms with van der Waals surface area (Å²) in [5, 5.41) is -0.418. The molecular weight excluding hydrogens is 293 g/mol. The lowest BCUT2D eigenvalue weighted by Gasteiger charge is -2.09. The Morgan fingerprint density at radius 2 is 2.10 bits per heavy atom. The second kappa shape index (κ2) is 5.74. The highest BCUT2D eigenvalue weighted by Crippen LogP contribution is 2.29. The largest absolute Gasteiger partial charge is 0.494 e. The van der Waals surface area contributed by atoms with Crippen molar-refractivity contribution in [3.05, 3.63) is 59.7 Å². The summed E-state index contributed by atoms with van der Waals surface area (Å²) in [6.07, 6.45) is 0.391. The van der Waals surface area contributed by atoms with Crippen molar-refractivity contribution >= 4 is 22.7 Å². The number of hydrogen-bond acceptors (Lipinski definition) is 3. The van der Waals surface area contributed by atoms with E-state index < -0.39 is 11.2 Å². The van der Waals surface area contributed by atoms with E-state index in [1.54, 1.807) is 12.1 Å². The zero-order valence-corrected chi connectivity index (χ0v) is 12.1. The van der Waals surface area contributed by atoms with E-state index in [0.717, 1.165) is 11.1 Å². The summed E-state index contributed by atoms with van der Waals surface area (Å²) in [5.41, 5.74) is 2.17. The van der Waals surface area contributed by atoms with Crippen molar-refractivity contribution in [3.63, 3.8) is 0 Å². The standard InChI is InChI=1S/C16H13ClFNO2/c1-20-14-7-6-10(8-12(14)18)11(17)9-16-19-13-4-2-3-5-15(13)21-16/h2-8,11H,9H2,1H3. The summed E-state index contributed by atoms with van der Waals surface area (Å²) in [6, 6.07) is 12.2. The predicted molar refractivity (Wildman–Crippen MR) is 79.3 cm³/mol. The van der Waals surface area contributed by atoms with Gasteiger partial charge in [0.2, 0.25) is 0 Å². The lowest BCUT2D eigenvalue weighted by atomic mass is 10.1. The van der Waals surface area contributed by atoms with E-state index in [9.17, 15) is 4.39 Å². The number of alkyl halides is 1. The first-order valence-electron chi connectivity index (χ1n) is 6.49. The summed E-state index contributed by atoms with van der Waals surface area (Å²) in [5.74, 6) is 0.301. The molecule has 0 bridgehead atoms. The topological polar surface area (TPSA) is 35.3 Å². The minimum atomic E-state index is -0.432. The van der Waals surface area contributed by atoms with Gasteiger partial charge in [-0.3, -0.25) is 0 Å². The molecule has 108 valence electrons. The van der Waals surface area contributed by atoms with Gasteiger partial charge in [-0.25, -0.2) is 9.37 Å². The highest BCUT2D eigenvalue weighted by molar-refractivity contribution is 6.20. The number of methoxy groups -OCH3 is 1. The van der Waals surface area contributed by atoms with Crippen LogP contribution in [0, 0.1) is 5.82 Å². The van der Waals surface area contributed by atoms with Crippen LogP contribution in [0.5, 0.6) is 5.75 Å². The summed E-state index contributed by atoms with van der Waals surface area (Å²) in [7, 11) is 1.43. The Balaban J connectivity index is 1.82. The van der Waals surface area contributed by atoms with Crippen LogP contribution in [0.2, 0.25) is 0 Å². The van der Waals surface area contributed by atoms with E-state index in [1.807, 2.05) is 24.3 Å². The Labute approximate surface area is 126 Å². The first-order valence-corrected chi connectivity index (χ1v) is 6.93. The van der Waals surface area contributed by atoms with Gasteiger partial charge in [-0.2, -0.15) is 0 Å². The van der Waals surface area contributed by atoms with Gasteiger partial charge in [0, 0.05) is 6.42 Å². The van der Waals surface area contributed by atoms with Gasteiger partial charge in [-0.1, -0.05) is 18.2 Å². The molecule has 0 saturated carbocycles. The maximum atomic E-state index is 13.7. The molecule has 0 saturated heterocycles. The summed E-state index contributed by atoms with van der Waals surface area (Å²) in [6.45, 7) is 0. The van der Waals surface area contributed by atoms with Crippen molar-refractivity contribution in [2.45, 2.75) is 11.8 Å². The van der Waals surface area contributed by atoms with Crippen molar-refractivity contribution in [1.82, 2.24) is 4.98 Å². The molecule has 1 atom stereocenters. The minimum Gasteiger partial charge on any atom is -0.494 e. The molecule has 0 aliphatic carbocycles. The van der Waals surface area contributed by atoms with E-state index in [1.165, 1.54) is 13.2 Å². The van der Waals surface area contributed by atoms with Gasteiger partial charge in [0.05, 0.1) is 12.5 Å². The van der Waals surface area contributed by atoms with Crippen LogP contribution < -0.4 is 4.74 Å². The third-order valence-corrected chi connectivity index (χ3v) is 3.64. The molecule has 3 rings (SSSR count). The lowest BCUT2D eigenvalue weighted by Crippen LogP contribution is -1.98. The number of para-hydroxylation sites is 2. The van der Waals surface area contributed by atoms with Crippen LogP contribution >= 0.6 is 11.6 Å². The number of benzene rings is 2. The van der Waals surface area contributed by atoms with Crippen LogP contribution in [0.3, 0.4) is 0 Å². The zero-order chi connectivity index (χ0) is 14.8. The summed E-state index contributed by atoms with van der Waals surface area (Å²) in [4.78, 5) is 4.36. The normalized spacial score (nSPS) is 12.5. The Morgan fingerprint density at radius 1 is 1.29 bits per heavy atom. The number of ether oxygens (including phenoxy) is 1. The van der Waals surface area contributed by atoms with Gasteiger partial charge in [0.25, 0.3) is 0 Å². The number of fused-ring (bicyclic) bond motifs is 1. The molecule has 1 aromatic heterocycles. The van der Waals surface area contributed by atoms with E-state index in [2.05, 4.69) is 4.98 Å². The monoisotopic (exact) mass is 305 g/mol. The number of oxazole rings is 1. The molecule has 1 heterocycles. The molecule has 21 heavy (non-hydrogen) atoms. The van der Waals surface area contributed by atoms with Crippen molar-refractivity contribution in [1.29, 1.82) is 0 Å². The highest BCUT2D eigenvalue weighted by Gasteiger charge is 2.15. The molecule has 0 N–H and O–H groups in total. The quantitative estimate of drug-likeness (QED) is 0.666. The third-order valence-electron chi connectivity index (χ3n) is 3.23. The average molecular weight is 306 g/mol.